The van der Waals surface area contributed by atoms with Crippen molar-refractivity contribution in [1.82, 2.24) is 4.90 Å². The van der Waals surface area contributed by atoms with Gasteiger partial charge in [0.1, 0.15) is 5.72 Å². The largest absolute Gasteiger partial charge is 0.376 e. The fraction of sp³-hybridized carbons (Fsp3) is 1.00. The van der Waals surface area contributed by atoms with Crippen LogP contribution in [-0.2, 0) is 0 Å². The molecule has 0 fully saturated rings. The Bertz CT molecular complexity index is 109. The van der Waals surface area contributed by atoms with Crippen molar-refractivity contribution in [3.8, 4) is 0 Å². The molecule has 0 aliphatic rings. The maximum atomic E-state index is 9.65. The first-order valence-electron chi connectivity index (χ1n) is 3.99. The summed E-state index contributed by atoms with van der Waals surface area (Å²) in [6.45, 7) is 9.72. The normalized spacial score (nSPS) is 15.5. The zero-order valence-corrected chi connectivity index (χ0v) is 9.92. The molecule has 68 valence electrons. The monoisotopic (exact) mass is 271 g/mol. The van der Waals surface area contributed by atoms with E-state index in [9.17, 15) is 5.11 Å². The fourth-order valence-corrected chi connectivity index (χ4v) is 1.52. The smallest absolute Gasteiger partial charge is 0.112 e. The molecular formula is C8H18INO. The van der Waals surface area contributed by atoms with Crippen molar-refractivity contribution < 1.29 is 5.11 Å². The highest BCUT2D eigenvalue weighted by atomic mass is 127. The summed E-state index contributed by atoms with van der Waals surface area (Å²) in [5.41, 5.74) is -0.672. The van der Waals surface area contributed by atoms with Crippen LogP contribution in [0.5, 0.6) is 0 Å². The summed E-state index contributed by atoms with van der Waals surface area (Å²) < 4.78 is 0.582. The molecule has 0 heterocycles. The summed E-state index contributed by atoms with van der Waals surface area (Å²) in [6, 6.07) is 0. The van der Waals surface area contributed by atoms with Gasteiger partial charge in [0.15, 0.2) is 0 Å². The predicted molar refractivity (Wildman–Crippen MR) is 57.0 cm³/mol. The van der Waals surface area contributed by atoms with Crippen molar-refractivity contribution in [2.24, 2.45) is 0 Å². The topological polar surface area (TPSA) is 23.5 Å². The molecule has 0 rings (SSSR count). The van der Waals surface area contributed by atoms with Crippen molar-refractivity contribution in [1.29, 1.82) is 0 Å². The van der Waals surface area contributed by atoms with Gasteiger partial charge in [-0.3, -0.25) is 4.90 Å². The molecule has 0 amide bonds. The summed E-state index contributed by atoms with van der Waals surface area (Å²) in [5, 5.41) is 9.65. The minimum atomic E-state index is -0.672. The van der Waals surface area contributed by atoms with Gasteiger partial charge in [0.25, 0.3) is 0 Å². The zero-order valence-electron chi connectivity index (χ0n) is 7.76. The molecule has 0 saturated carbocycles. The van der Waals surface area contributed by atoms with Crippen molar-refractivity contribution in [3.05, 3.63) is 0 Å². The van der Waals surface area contributed by atoms with Gasteiger partial charge in [-0.05, 0) is 20.4 Å². The Labute approximate surface area is 83.1 Å². The molecule has 0 radical (unpaired) electrons. The van der Waals surface area contributed by atoms with Gasteiger partial charge in [0.2, 0.25) is 0 Å². The molecule has 0 aromatic rings. The second-order valence-electron chi connectivity index (χ2n) is 3.31. The van der Waals surface area contributed by atoms with Crippen LogP contribution in [-0.4, -0.2) is 32.7 Å². The Kier molecular flexibility index (Phi) is 4.89. The summed E-state index contributed by atoms with van der Waals surface area (Å²) in [7, 11) is 0. The molecular weight excluding hydrogens is 253 g/mol. The molecule has 1 N–H and O–H groups in total. The quantitative estimate of drug-likeness (QED) is 0.479. The molecule has 0 bridgehead atoms. The Balaban J connectivity index is 3.96. The Morgan fingerprint density at radius 3 is 2.09 bits per heavy atom. The van der Waals surface area contributed by atoms with Crippen LogP contribution in [0.2, 0.25) is 0 Å². The number of hydrogen-bond acceptors (Lipinski definition) is 2. The van der Waals surface area contributed by atoms with Crippen LogP contribution in [0.3, 0.4) is 0 Å². The van der Waals surface area contributed by atoms with Crippen LogP contribution in [0, 0.1) is 0 Å². The van der Waals surface area contributed by atoms with Crippen molar-refractivity contribution in [2.75, 3.05) is 13.1 Å². The van der Waals surface area contributed by atoms with E-state index >= 15 is 0 Å². The van der Waals surface area contributed by atoms with E-state index < -0.39 is 5.72 Å². The first-order chi connectivity index (χ1) is 4.88. The molecule has 0 saturated heterocycles. The highest BCUT2D eigenvalue weighted by Gasteiger charge is 2.22. The lowest BCUT2D eigenvalue weighted by molar-refractivity contribution is -0.0740. The summed E-state index contributed by atoms with van der Waals surface area (Å²) in [5.74, 6) is 0. The maximum absolute atomic E-state index is 9.65. The van der Waals surface area contributed by atoms with Crippen molar-refractivity contribution in [2.45, 2.75) is 37.3 Å². The van der Waals surface area contributed by atoms with E-state index in [2.05, 4.69) is 41.3 Å². The van der Waals surface area contributed by atoms with Crippen molar-refractivity contribution >= 4 is 22.6 Å². The number of nitrogens with zero attached hydrogens (tertiary/aromatic N) is 1. The average Bonchev–Trinajstić information content (AvgIpc) is 1.79. The van der Waals surface area contributed by atoms with Gasteiger partial charge in [-0.2, -0.15) is 0 Å². The SMILES string of the molecule is CCN(C[C@H](C)I)C(C)(C)O. The third-order valence-corrected chi connectivity index (χ3v) is 2.02. The second-order valence-corrected chi connectivity index (χ2v) is 5.44. The third-order valence-electron chi connectivity index (χ3n) is 1.63. The standard InChI is InChI=1S/C8H18INO/c1-5-10(6-7(2)9)8(3,4)11/h7,11H,5-6H2,1-4H3/t7-/m0/s1. The lowest BCUT2D eigenvalue weighted by atomic mass is 10.2. The fourth-order valence-electron chi connectivity index (χ4n) is 1.04. The molecule has 0 spiro atoms. The number of rotatable bonds is 4. The number of aliphatic hydroxyl groups is 1. The predicted octanol–water partition coefficient (Wildman–Crippen LogP) is 1.86. The van der Waals surface area contributed by atoms with Gasteiger partial charge in [-0.25, -0.2) is 0 Å². The molecule has 1 atom stereocenters. The van der Waals surface area contributed by atoms with Gasteiger partial charge in [0.05, 0.1) is 0 Å². The van der Waals surface area contributed by atoms with E-state index in [0.29, 0.717) is 3.92 Å². The maximum Gasteiger partial charge on any atom is 0.112 e. The first kappa shape index (κ1) is 11.6. The van der Waals surface area contributed by atoms with E-state index in [0.717, 1.165) is 13.1 Å². The number of hydrogen-bond donors (Lipinski definition) is 1. The minimum absolute atomic E-state index is 0.582. The van der Waals surface area contributed by atoms with Crippen LogP contribution in [0.15, 0.2) is 0 Å². The van der Waals surface area contributed by atoms with Gasteiger partial charge in [-0.1, -0.05) is 36.4 Å². The molecule has 0 unspecified atom stereocenters. The van der Waals surface area contributed by atoms with E-state index in [1.807, 2.05) is 13.8 Å². The van der Waals surface area contributed by atoms with Gasteiger partial charge in [0, 0.05) is 10.5 Å². The highest BCUT2D eigenvalue weighted by Crippen LogP contribution is 2.12. The van der Waals surface area contributed by atoms with E-state index in [-0.39, 0.29) is 0 Å². The van der Waals surface area contributed by atoms with Crippen molar-refractivity contribution in [3.63, 3.8) is 0 Å². The highest BCUT2D eigenvalue weighted by molar-refractivity contribution is 14.1. The number of alkyl halides is 1. The summed E-state index contributed by atoms with van der Waals surface area (Å²) in [4.78, 5) is 2.06. The molecule has 3 heteroatoms. The Morgan fingerprint density at radius 2 is 2.00 bits per heavy atom. The third kappa shape index (κ3) is 4.98. The molecule has 0 aromatic carbocycles. The second kappa shape index (κ2) is 4.62. The lowest BCUT2D eigenvalue weighted by Gasteiger charge is -2.33. The van der Waals surface area contributed by atoms with E-state index in [1.54, 1.807) is 0 Å². The van der Waals surface area contributed by atoms with Gasteiger partial charge >= 0.3 is 0 Å². The van der Waals surface area contributed by atoms with Gasteiger partial charge in [-0.15, -0.1) is 0 Å². The van der Waals surface area contributed by atoms with Crippen LogP contribution in [0.4, 0.5) is 0 Å². The van der Waals surface area contributed by atoms with Crippen LogP contribution in [0.25, 0.3) is 0 Å². The van der Waals surface area contributed by atoms with Crippen LogP contribution in [0.1, 0.15) is 27.7 Å². The van der Waals surface area contributed by atoms with Gasteiger partial charge < -0.3 is 5.11 Å². The first-order valence-corrected chi connectivity index (χ1v) is 5.24. The van der Waals surface area contributed by atoms with Crippen LogP contribution >= 0.6 is 22.6 Å². The Morgan fingerprint density at radius 1 is 1.55 bits per heavy atom. The van der Waals surface area contributed by atoms with Crippen LogP contribution < -0.4 is 0 Å². The minimum Gasteiger partial charge on any atom is -0.376 e. The molecule has 0 aliphatic carbocycles. The summed E-state index contributed by atoms with van der Waals surface area (Å²) >= 11 is 2.37. The zero-order chi connectivity index (χ0) is 9.07. The average molecular weight is 271 g/mol. The van der Waals surface area contributed by atoms with E-state index in [1.165, 1.54) is 0 Å². The molecule has 11 heavy (non-hydrogen) atoms. The molecule has 2 nitrogen and oxygen atoms in total. The molecule has 0 aliphatic heterocycles. The lowest BCUT2D eigenvalue weighted by Crippen LogP contribution is -2.45. The number of halogens is 1. The van der Waals surface area contributed by atoms with E-state index in [4.69, 9.17) is 0 Å². The Hall–Kier alpha value is 0.650. The molecule has 0 aromatic heterocycles. The summed E-state index contributed by atoms with van der Waals surface area (Å²) in [6.07, 6.45) is 0.